The molecule has 3 rings (SSSR count). The van der Waals surface area contributed by atoms with Crippen LogP contribution in [0.2, 0.25) is 0 Å². The lowest BCUT2D eigenvalue weighted by Crippen LogP contribution is -2.43. The van der Waals surface area contributed by atoms with Gasteiger partial charge in [0.2, 0.25) is 0 Å². The summed E-state index contributed by atoms with van der Waals surface area (Å²) in [6.45, 7) is 6.13. The molecule has 6 heteroatoms. The van der Waals surface area contributed by atoms with Gasteiger partial charge < -0.3 is 10.6 Å². The van der Waals surface area contributed by atoms with Crippen molar-refractivity contribution in [1.82, 2.24) is 20.4 Å². The van der Waals surface area contributed by atoms with Gasteiger partial charge in [-0.25, -0.2) is 4.68 Å². The average Bonchev–Trinajstić information content (AvgIpc) is 3.37. The van der Waals surface area contributed by atoms with Crippen molar-refractivity contribution < 1.29 is 0 Å². The Morgan fingerprint density at radius 3 is 2.67 bits per heavy atom. The SMILES string of the molecule is CN=C(NCCc1cnn(-c2ccccc2)c1)NCC(C)(C)c1cccs1. The van der Waals surface area contributed by atoms with E-state index in [1.807, 2.05) is 29.1 Å². The number of nitrogens with zero attached hydrogens (tertiary/aromatic N) is 3. The Bertz CT molecular complexity index is 850. The van der Waals surface area contributed by atoms with Crippen molar-refractivity contribution in [3.8, 4) is 5.69 Å². The lowest BCUT2D eigenvalue weighted by Gasteiger charge is -2.25. The molecule has 0 amide bonds. The Balaban J connectivity index is 1.47. The zero-order chi connectivity index (χ0) is 19.1. The van der Waals surface area contributed by atoms with Crippen LogP contribution in [0.3, 0.4) is 0 Å². The quantitative estimate of drug-likeness (QED) is 0.485. The molecule has 0 aliphatic rings. The van der Waals surface area contributed by atoms with E-state index >= 15 is 0 Å². The highest BCUT2D eigenvalue weighted by Crippen LogP contribution is 2.26. The van der Waals surface area contributed by atoms with E-state index in [1.54, 1.807) is 18.4 Å². The van der Waals surface area contributed by atoms with E-state index in [1.165, 1.54) is 10.4 Å². The van der Waals surface area contributed by atoms with E-state index < -0.39 is 0 Å². The van der Waals surface area contributed by atoms with Gasteiger partial charge in [-0.1, -0.05) is 38.1 Å². The summed E-state index contributed by atoms with van der Waals surface area (Å²) in [5, 5.41) is 13.4. The molecule has 0 spiro atoms. The van der Waals surface area contributed by atoms with Crippen LogP contribution in [0.4, 0.5) is 0 Å². The van der Waals surface area contributed by atoms with E-state index in [-0.39, 0.29) is 5.41 Å². The number of para-hydroxylation sites is 1. The molecular weight excluding hydrogens is 354 g/mol. The van der Waals surface area contributed by atoms with Crippen molar-refractivity contribution in [3.05, 3.63) is 70.7 Å². The summed E-state index contributed by atoms with van der Waals surface area (Å²) >= 11 is 1.80. The Morgan fingerprint density at radius 2 is 1.96 bits per heavy atom. The molecule has 0 radical (unpaired) electrons. The first-order valence-corrected chi connectivity index (χ1v) is 10.0. The number of aliphatic imine (C=N–C) groups is 1. The van der Waals surface area contributed by atoms with Crippen molar-refractivity contribution in [3.63, 3.8) is 0 Å². The minimum atomic E-state index is 0.0720. The topological polar surface area (TPSA) is 54.2 Å². The molecule has 0 aliphatic heterocycles. The van der Waals surface area contributed by atoms with Crippen LogP contribution in [0.25, 0.3) is 5.69 Å². The molecule has 2 aromatic heterocycles. The van der Waals surface area contributed by atoms with Gasteiger partial charge in [-0.05, 0) is 35.6 Å². The van der Waals surface area contributed by atoms with Gasteiger partial charge in [0.05, 0.1) is 11.9 Å². The summed E-state index contributed by atoms with van der Waals surface area (Å²) in [7, 11) is 1.81. The molecular formula is C21H27N5S. The molecule has 0 atom stereocenters. The van der Waals surface area contributed by atoms with Gasteiger partial charge in [0, 0.05) is 36.6 Å². The lowest BCUT2D eigenvalue weighted by atomic mass is 9.91. The number of nitrogens with one attached hydrogen (secondary N) is 2. The molecule has 1 aromatic carbocycles. The first-order valence-electron chi connectivity index (χ1n) is 9.16. The van der Waals surface area contributed by atoms with Gasteiger partial charge in [0.25, 0.3) is 0 Å². The molecule has 0 unspecified atom stereocenters. The van der Waals surface area contributed by atoms with Gasteiger partial charge in [0.1, 0.15) is 0 Å². The molecule has 142 valence electrons. The minimum Gasteiger partial charge on any atom is -0.356 e. The third kappa shape index (κ3) is 5.20. The zero-order valence-electron chi connectivity index (χ0n) is 16.1. The van der Waals surface area contributed by atoms with E-state index in [9.17, 15) is 0 Å². The highest BCUT2D eigenvalue weighted by atomic mass is 32.1. The molecule has 0 aliphatic carbocycles. The molecule has 3 aromatic rings. The van der Waals surface area contributed by atoms with Crippen molar-refractivity contribution in [2.75, 3.05) is 20.1 Å². The second-order valence-electron chi connectivity index (χ2n) is 7.09. The summed E-state index contributed by atoms with van der Waals surface area (Å²) in [5.74, 6) is 0.829. The van der Waals surface area contributed by atoms with Crippen molar-refractivity contribution in [2.45, 2.75) is 25.7 Å². The third-order valence-corrected chi connectivity index (χ3v) is 5.71. The van der Waals surface area contributed by atoms with Gasteiger partial charge in [-0.2, -0.15) is 5.10 Å². The van der Waals surface area contributed by atoms with Crippen molar-refractivity contribution in [2.24, 2.45) is 4.99 Å². The highest BCUT2D eigenvalue weighted by Gasteiger charge is 2.21. The van der Waals surface area contributed by atoms with Gasteiger partial charge in [-0.3, -0.25) is 4.99 Å². The normalized spacial score (nSPS) is 12.2. The predicted molar refractivity (Wildman–Crippen MR) is 114 cm³/mol. The molecule has 2 N–H and O–H groups in total. The predicted octanol–water partition coefficient (Wildman–Crippen LogP) is 3.62. The minimum absolute atomic E-state index is 0.0720. The molecule has 0 bridgehead atoms. The number of guanidine groups is 1. The second-order valence-corrected chi connectivity index (χ2v) is 8.04. The van der Waals surface area contributed by atoms with Crippen LogP contribution in [-0.2, 0) is 11.8 Å². The number of aromatic nitrogens is 2. The van der Waals surface area contributed by atoms with E-state index in [2.05, 4.69) is 70.4 Å². The molecule has 27 heavy (non-hydrogen) atoms. The van der Waals surface area contributed by atoms with Crippen LogP contribution in [0, 0.1) is 0 Å². The highest BCUT2D eigenvalue weighted by molar-refractivity contribution is 7.10. The average molecular weight is 382 g/mol. The fourth-order valence-electron chi connectivity index (χ4n) is 2.81. The fourth-order valence-corrected chi connectivity index (χ4v) is 3.66. The first kappa shape index (κ1) is 19.2. The molecule has 0 fully saturated rings. The summed E-state index contributed by atoms with van der Waals surface area (Å²) in [5.41, 5.74) is 2.34. The largest absolute Gasteiger partial charge is 0.356 e. The molecule has 0 saturated carbocycles. The Hall–Kier alpha value is -2.60. The Morgan fingerprint density at radius 1 is 1.15 bits per heavy atom. The maximum absolute atomic E-state index is 4.45. The number of benzene rings is 1. The third-order valence-electron chi connectivity index (χ3n) is 4.47. The number of thiophene rings is 1. The van der Waals surface area contributed by atoms with Gasteiger partial charge in [-0.15, -0.1) is 11.3 Å². The summed E-state index contributed by atoms with van der Waals surface area (Å²) in [4.78, 5) is 5.71. The van der Waals surface area contributed by atoms with Crippen LogP contribution < -0.4 is 10.6 Å². The van der Waals surface area contributed by atoms with E-state index in [0.29, 0.717) is 0 Å². The Labute approximate surface area is 165 Å². The van der Waals surface area contributed by atoms with Gasteiger partial charge in [0.15, 0.2) is 5.96 Å². The Kier molecular flexibility index (Phi) is 6.29. The van der Waals surface area contributed by atoms with E-state index in [0.717, 1.165) is 31.2 Å². The van der Waals surface area contributed by atoms with Crippen LogP contribution >= 0.6 is 11.3 Å². The van der Waals surface area contributed by atoms with Crippen molar-refractivity contribution in [1.29, 1.82) is 0 Å². The monoisotopic (exact) mass is 381 g/mol. The van der Waals surface area contributed by atoms with Crippen LogP contribution in [-0.4, -0.2) is 35.9 Å². The molecule has 0 saturated heterocycles. The maximum Gasteiger partial charge on any atom is 0.191 e. The maximum atomic E-state index is 4.45. The number of rotatable bonds is 7. The molecule has 5 nitrogen and oxygen atoms in total. The lowest BCUT2D eigenvalue weighted by molar-refractivity contribution is 0.518. The number of hydrogen-bond donors (Lipinski definition) is 2. The van der Waals surface area contributed by atoms with Gasteiger partial charge >= 0.3 is 0 Å². The molecule has 2 heterocycles. The summed E-state index contributed by atoms with van der Waals surface area (Å²) in [6, 6.07) is 14.4. The number of hydrogen-bond acceptors (Lipinski definition) is 3. The van der Waals surface area contributed by atoms with E-state index in [4.69, 9.17) is 0 Å². The van der Waals surface area contributed by atoms with Crippen LogP contribution in [0.5, 0.6) is 0 Å². The zero-order valence-corrected chi connectivity index (χ0v) is 17.0. The van der Waals surface area contributed by atoms with Crippen molar-refractivity contribution >= 4 is 17.3 Å². The first-order chi connectivity index (χ1) is 13.1. The summed E-state index contributed by atoms with van der Waals surface area (Å²) < 4.78 is 1.91. The van der Waals surface area contributed by atoms with Crippen LogP contribution in [0.1, 0.15) is 24.3 Å². The standard InChI is InChI=1S/C21H27N5S/c1-21(2,19-10-7-13-27-19)16-24-20(22-3)23-12-11-17-14-25-26(15-17)18-8-5-4-6-9-18/h4-10,13-15H,11-12,16H2,1-3H3,(H2,22,23,24). The second kappa shape index (κ2) is 8.86. The van der Waals surface area contributed by atoms with Crippen LogP contribution in [0.15, 0.2) is 65.2 Å². The fraction of sp³-hybridized carbons (Fsp3) is 0.333. The smallest absolute Gasteiger partial charge is 0.191 e. The summed E-state index contributed by atoms with van der Waals surface area (Å²) in [6.07, 6.45) is 4.89.